The minimum atomic E-state index is -4.31. The Morgan fingerprint density at radius 3 is 2.63 bits per heavy atom. The predicted molar refractivity (Wildman–Crippen MR) is 66.5 cm³/mol. The number of aromatic nitrogens is 1. The quantitative estimate of drug-likeness (QED) is 0.831. The van der Waals surface area contributed by atoms with Crippen molar-refractivity contribution in [2.24, 2.45) is 0 Å². The fraction of sp³-hybridized carbons (Fsp3) is 0.286. The Kier molecular flexibility index (Phi) is 3.54. The average Bonchev–Trinajstić information content (AvgIpc) is 2.66. The minimum Gasteiger partial charge on any atom is -0.392 e. The molecule has 100 valence electrons. The zero-order chi connectivity index (χ0) is 14.0. The normalized spacial score (nSPS) is 11.4. The number of fused-ring (bicyclic) bond motifs is 1. The maximum absolute atomic E-state index is 12.6. The van der Waals surface area contributed by atoms with E-state index in [1.165, 1.54) is 0 Å². The van der Waals surface area contributed by atoms with Gasteiger partial charge in [0.25, 0.3) is 0 Å². The SMILES string of the molecule is CC#Cc1cc2c(CO)cccc2n1CC(F)(F)F. The zero-order valence-electron chi connectivity index (χ0n) is 10.3. The van der Waals surface area contributed by atoms with Crippen LogP contribution in [0.1, 0.15) is 18.2 Å². The molecule has 1 aromatic heterocycles. The average molecular weight is 267 g/mol. The Labute approximate surface area is 108 Å². The molecule has 5 heteroatoms. The summed E-state index contributed by atoms with van der Waals surface area (Å²) in [5, 5.41) is 9.83. The number of halogens is 3. The summed E-state index contributed by atoms with van der Waals surface area (Å²) in [5.74, 6) is 5.28. The second-order valence-electron chi connectivity index (χ2n) is 4.11. The maximum Gasteiger partial charge on any atom is 0.406 e. The van der Waals surface area contributed by atoms with E-state index in [0.717, 1.165) is 4.57 Å². The van der Waals surface area contributed by atoms with Crippen LogP contribution < -0.4 is 0 Å². The van der Waals surface area contributed by atoms with Gasteiger partial charge >= 0.3 is 6.18 Å². The van der Waals surface area contributed by atoms with Gasteiger partial charge in [0.15, 0.2) is 0 Å². The first-order valence-corrected chi connectivity index (χ1v) is 5.68. The summed E-state index contributed by atoms with van der Waals surface area (Å²) in [6.45, 7) is 0.268. The van der Waals surface area contributed by atoms with Gasteiger partial charge in [-0.15, -0.1) is 0 Å². The van der Waals surface area contributed by atoms with Crippen LogP contribution in [0.25, 0.3) is 10.9 Å². The van der Waals surface area contributed by atoms with Crippen molar-refractivity contribution in [3.63, 3.8) is 0 Å². The van der Waals surface area contributed by atoms with E-state index in [2.05, 4.69) is 11.8 Å². The second kappa shape index (κ2) is 4.98. The predicted octanol–water partition coefficient (Wildman–Crippen LogP) is 3.07. The van der Waals surface area contributed by atoms with E-state index in [1.54, 1.807) is 31.2 Å². The number of benzene rings is 1. The fourth-order valence-corrected chi connectivity index (χ4v) is 2.07. The van der Waals surface area contributed by atoms with E-state index >= 15 is 0 Å². The molecule has 2 rings (SSSR count). The van der Waals surface area contributed by atoms with E-state index < -0.39 is 12.7 Å². The summed E-state index contributed by atoms with van der Waals surface area (Å²) in [6, 6.07) is 6.50. The van der Waals surface area contributed by atoms with E-state index in [9.17, 15) is 18.3 Å². The number of alkyl halides is 3. The highest BCUT2D eigenvalue weighted by Gasteiger charge is 2.29. The molecule has 1 aromatic carbocycles. The van der Waals surface area contributed by atoms with Crippen LogP contribution in [0.5, 0.6) is 0 Å². The summed E-state index contributed by atoms with van der Waals surface area (Å²) in [7, 11) is 0. The summed E-state index contributed by atoms with van der Waals surface area (Å²) in [6.07, 6.45) is -4.31. The molecular formula is C14H12F3NO. The van der Waals surface area contributed by atoms with Crippen LogP contribution in [0.15, 0.2) is 24.3 Å². The Balaban J connectivity index is 2.70. The molecule has 0 spiro atoms. The number of aliphatic hydroxyl groups is 1. The van der Waals surface area contributed by atoms with Crippen LogP contribution in [0, 0.1) is 11.8 Å². The molecule has 2 nitrogen and oxygen atoms in total. The highest BCUT2D eigenvalue weighted by atomic mass is 19.4. The molecule has 0 saturated heterocycles. The smallest absolute Gasteiger partial charge is 0.392 e. The monoisotopic (exact) mass is 267 g/mol. The first-order chi connectivity index (χ1) is 8.96. The highest BCUT2D eigenvalue weighted by molar-refractivity contribution is 5.85. The van der Waals surface area contributed by atoms with Gasteiger partial charge in [0, 0.05) is 10.9 Å². The Bertz CT molecular complexity index is 659. The molecule has 0 unspecified atom stereocenters. The third kappa shape index (κ3) is 2.74. The van der Waals surface area contributed by atoms with Crippen LogP contribution in [0.2, 0.25) is 0 Å². The largest absolute Gasteiger partial charge is 0.406 e. The van der Waals surface area contributed by atoms with Gasteiger partial charge in [-0.2, -0.15) is 13.2 Å². The van der Waals surface area contributed by atoms with E-state index in [-0.39, 0.29) is 6.61 Å². The Hall–Kier alpha value is -1.93. The Morgan fingerprint density at radius 1 is 1.32 bits per heavy atom. The highest BCUT2D eigenvalue weighted by Crippen LogP contribution is 2.27. The summed E-state index contributed by atoms with van der Waals surface area (Å²) >= 11 is 0. The number of rotatable bonds is 2. The van der Waals surface area contributed by atoms with Gasteiger partial charge in [0.05, 0.1) is 12.3 Å². The van der Waals surface area contributed by atoms with Crippen molar-refractivity contribution in [1.82, 2.24) is 4.57 Å². The number of aliphatic hydroxyl groups excluding tert-OH is 1. The molecule has 2 aromatic rings. The third-order valence-electron chi connectivity index (χ3n) is 2.80. The van der Waals surface area contributed by atoms with Gasteiger partial charge in [0.1, 0.15) is 6.54 Å². The van der Waals surface area contributed by atoms with Gasteiger partial charge in [-0.1, -0.05) is 18.1 Å². The van der Waals surface area contributed by atoms with Crippen LogP contribution in [0.4, 0.5) is 13.2 Å². The van der Waals surface area contributed by atoms with Gasteiger partial charge in [-0.25, -0.2) is 0 Å². The van der Waals surface area contributed by atoms with Crippen molar-refractivity contribution in [3.8, 4) is 11.8 Å². The molecule has 0 atom stereocenters. The maximum atomic E-state index is 12.6. The van der Waals surface area contributed by atoms with Crippen LogP contribution in [-0.4, -0.2) is 15.8 Å². The third-order valence-corrected chi connectivity index (χ3v) is 2.80. The molecule has 0 saturated carbocycles. The molecule has 0 bridgehead atoms. The topological polar surface area (TPSA) is 25.2 Å². The van der Waals surface area contributed by atoms with Crippen LogP contribution in [-0.2, 0) is 13.2 Å². The molecule has 0 amide bonds. The van der Waals surface area contributed by atoms with Gasteiger partial charge in [-0.3, -0.25) is 0 Å². The van der Waals surface area contributed by atoms with Crippen molar-refractivity contribution >= 4 is 10.9 Å². The molecule has 0 aliphatic heterocycles. The molecule has 19 heavy (non-hydrogen) atoms. The van der Waals surface area contributed by atoms with E-state index in [0.29, 0.717) is 22.2 Å². The lowest BCUT2D eigenvalue weighted by molar-refractivity contribution is -0.140. The zero-order valence-corrected chi connectivity index (χ0v) is 10.3. The lowest BCUT2D eigenvalue weighted by atomic mass is 10.1. The summed E-state index contributed by atoms with van der Waals surface area (Å²) in [4.78, 5) is 0. The second-order valence-corrected chi connectivity index (χ2v) is 4.11. The molecule has 0 aliphatic rings. The first-order valence-electron chi connectivity index (χ1n) is 5.68. The summed E-state index contributed by atoms with van der Waals surface area (Å²) in [5.41, 5.74) is 1.33. The molecule has 0 radical (unpaired) electrons. The van der Waals surface area contributed by atoms with E-state index in [4.69, 9.17) is 0 Å². The van der Waals surface area contributed by atoms with Gasteiger partial charge in [0.2, 0.25) is 0 Å². The minimum absolute atomic E-state index is 0.216. The van der Waals surface area contributed by atoms with Gasteiger partial charge in [-0.05, 0) is 30.5 Å². The summed E-state index contributed by atoms with van der Waals surface area (Å²) < 4.78 is 39.0. The molecule has 1 heterocycles. The standard InChI is InChI=1S/C14H12F3NO/c1-2-4-11-7-12-10(8-19)5-3-6-13(12)18(11)9-14(15,16)17/h3,5-7,19H,8-9H2,1H3. The van der Waals surface area contributed by atoms with Crippen molar-refractivity contribution < 1.29 is 18.3 Å². The van der Waals surface area contributed by atoms with Crippen LogP contribution >= 0.6 is 0 Å². The fourth-order valence-electron chi connectivity index (χ4n) is 2.07. The van der Waals surface area contributed by atoms with Crippen molar-refractivity contribution in [3.05, 3.63) is 35.5 Å². The van der Waals surface area contributed by atoms with Crippen molar-refractivity contribution in [2.45, 2.75) is 26.3 Å². The molecular weight excluding hydrogens is 255 g/mol. The van der Waals surface area contributed by atoms with E-state index in [1.807, 2.05) is 0 Å². The van der Waals surface area contributed by atoms with Crippen molar-refractivity contribution in [2.75, 3.05) is 0 Å². The van der Waals surface area contributed by atoms with Gasteiger partial charge < -0.3 is 9.67 Å². The molecule has 0 fully saturated rings. The first kappa shape index (κ1) is 13.5. The molecule has 0 aliphatic carbocycles. The number of nitrogens with zero attached hydrogens (tertiary/aromatic N) is 1. The lowest BCUT2D eigenvalue weighted by Gasteiger charge is -2.11. The Morgan fingerprint density at radius 2 is 2.05 bits per heavy atom. The lowest BCUT2D eigenvalue weighted by Crippen LogP contribution is -2.18. The van der Waals surface area contributed by atoms with Crippen LogP contribution in [0.3, 0.4) is 0 Å². The number of hydrogen-bond donors (Lipinski definition) is 1. The molecule has 1 N–H and O–H groups in total. The van der Waals surface area contributed by atoms with Crippen molar-refractivity contribution in [1.29, 1.82) is 0 Å². The number of hydrogen-bond acceptors (Lipinski definition) is 1.